The minimum atomic E-state index is 0.332. The first-order chi connectivity index (χ1) is 8.74. The van der Waals surface area contributed by atoms with Gasteiger partial charge in [0.1, 0.15) is 0 Å². The lowest BCUT2D eigenvalue weighted by Crippen LogP contribution is -2.48. The summed E-state index contributed by atoms with van der Waals surface area (Å²) >= 11 is 0. The third kappa shape index (κ3) is 3.25. The summed E-state index contributed by atoms with van der Waals surface area (Å²) in [5, 5.41) is 0. The van der Waals surface area contributed by atoms with Crippen molar-refractivity contribution < 1.29 is 4.79 Å². The van der Waals surface area contributed by atoms with Crippen LogP contribution in [0.15, 0.2) is 0 Å². The maximum Gasteiger partial charge on any atom is 0.222 e. The highest BCUT2D eigenvalue weighted by Crippen LogP contribution is 2.25. The Hall–Kier alpha value is -0.570. The fourth-order valence-electron chi connectivity index (χ4n) is 3.43. The molecule has 0 radical (unpaired) electrons. The van der Waals surface area contributed by atoms with E-state index in [4.69, 9.17) is 0 Å². The van der Waals surface area contributed by atoms with Crippen LogP contribution in [0.25, 0.3) is 0 Å². The lowest BCUT2D eigenvalue weighted by Gasteiger charge is -2.41. The number of piperidine rings is 2. The second kappa shape index (κ2) is 6.55. The molecule has 0 unspecified atom stereocenters. The van der Waals surface area contributed by atoms with E-state index in [9.17, 15) is 4.79 Å². The largest absolute Gasteiger partial charge is 0.343 e. The number of nitrogens with zero attached hydrogens (tertiary/aromatic N) is 2. The van der Waals surface area contributed by atoms with Crippen LogP contribution in [0.3, 0.4) is 0 Å². The highest BCUT2D eigenvalue weighted by molar-refractivity contribution is 5.75. The van der Waals surface area contributed by atoms with Crippen molar-refractivity contribution in [2.45, 2.75) is 58.4 Å². The van der Waals surface area contributed by atoms with Gasteiger partial charge in [0.15, 0.2) is 0 Å². The molecule has 0 aromatic rings. The molecule has 3 heteroatoms. The molecule has 2 aliphatic rings. The molecule has 0 aliphatic carbocycles. The fraction of sp³-hybridized carbons (Fsp3) is 0.933. The van der Waals surface area contributed by atoms with Crippen LogP contribution in [0.4, 0.5) is 0 Å². The van der Waals surface area contributed by atoms with Gasteiger partial charge >= 0.3 is 0 Å². The molecule has 0 spiro atoms. The molecule has 0 aromatic carbocycles. The summed E-state index contributed by atoms with van der Waals surface area (Å²) in [5.74, 6) is 1.29. The zero-order chi connectivity index (χ0) is 13.0. The average molecular weight is 252 g/mol. The minimum Gasteiger partial charge on any atom is -0.343 e. The predicted molar refractivity (Wildman–Crippen MR) is 74.5 cm³/mol. The number of rotatable bonds is 3. The smallest absolute Gasteiger partial charge is 0.222 e. The van der Waals surface area contributed by atoms with E-state index in [-0.39, 0.29) is 0 Å². The van der Waals surface area contributed by atoms with E-state index in [0.29, 0.717) is 12.3 Å². The normalized spacial score (nSPS) is 24.4. The number of hydrogen-bond donors (Lipinski definition) is 0. The van der Waals surface area contributed by atoms with Crippen molar-refractivity contribution in [1.82, 2.24) is 9.80 Å². The van der Waals surface area contributed by atoms with Crippen LogP contribution < -0.4 is 0 Å². The molecule has 2 aliphatic heterocycles. The summed E-state index contributed by atoms with van der Waals surface area (Å²) in [5.41, 5.74) is 0. The van der Waals surface area contributed by atoms with Crippen LogP contribution in [0.5, 0.6) is 0 Å². The Morgan fingerprint density at radius 3 is 2.11 bits per heavy atom. The van der Waals surface area contributed by atoms with Gasteiger partial charge < -0.3 is 9.80 Å². The molecule has 104 valence electrons. The Morgan fingerprint density at radius 1 is 1.00 bits per heavy atom. The van der Waals surface area contributed by atoms with E-state index >= 15 is 0 Å². The molecular formula is C15H28N2O. The van der Waals surface area contributed by atoms with Crippen LogP contribution in [0, 0.1) is 5.92 Å². The van der Waals surface area contributed by atoms with Gasteiger partial charge in [-0.3, -0.25) is 4.79 Å². The molecule has 0 atom stereocenters. The molecule has 0 saturated carbocycles. The van der Waals surface area contributed by atoms with Gasteiger partial charge in [-0.15, -0.1) is 0 Å². The zero-order valence-corrected chi connectivity index (χ0v) is 12.0. The standard InChI is InChI=1S/C15H28N2O/c1-3-13-5-9-16(10-6-13)14-7-11-17(12-8-14)15(18)4-2/h13-14H,3-12H2,1-2H3. The summed E-state index contributed by atoms with van der Waals surface area (Å²) in [6.07, 6.45) is 7.13. The number of hydrogen-bond acceptors (Lipinski definition) is 2. The Kier molecular flexibility index (Phi) is 5.04. The van der Waals surface area contributed by atoms with Gasteiger partial charge in [-0.2, -0.15) is 0 Å². The molecule has 0 N–H and O–H groups in total. The molecule has 0 aromatic heterocycles. The first-order valence-electron chi connectivity index (χ1n) is 7.76. The van der Waals surface area contributed by atoms with Crippen LogP contribution in [-0.4, -0.2) is 47.9 Å². The topological polar surface area (TPSA) is 23.6 Å². The van der Waals surface area contributed by atoms with Crippen molar-refractivity contribution >= 4 is 5.91 Å². The summed E-state index contributed by atoms with van der Waals surface area (Å²) in [4.78, 5) is 16.4. The molecule has 2 heterocycles. The lowest BCUT2D eigenvalue weighted by atomic mass is 9.92. The Balaban J connectivity index is 1.75. The highest BCUT2D eigenvalue weighted by atomic mass is 16.2. The number of carbonyl (C=O) groups is 1. The lowest BCUT2D eigenvalue weighted by molar-refractivity contribution is -0.132. The van der Waals surface area contributed by atoms with Gasteiger partial charge in [-0.1, -0.05) is 20.3 Å². The summed E-state index contributed by atoms with van der Waals surface area (Å²) in [6, 6.07) is 0.740. The second-order valence-corrected chi connectivity index (χ2v) is 5.85. The molecule has 1 amide bonds. The molecule has 2 saturated heterocycles. The molecule has 2 rings (SSSR count). The second-order valence-electron chi connectivity index (χ2n) is 5.85. The molecule has 0 bridgehead atoms. The fourth-order valence-corrected chi connectivity index (χ4v) is 3.43. The molecular weight excluding hydrogens is 224 g/mol. The van der Waals surface area contributed by atoms with Crippen molar-refractivity contribution in [3.8, 4) is 0 Å². The number of amides is 1. The molecule has 3 nitrogen and oxygen atoms in total. The average Bonchev–Trinajstić information content (AvgIpc) is 2.47. The first kappa shape index (κ1) is 13.9. The molecule has 18 heavy (non-hydrogen) atoms. The Bertz CT molecular complexity index is 264. The van der Waals surface area contributed by atoms with E-state index in [0.717, 1.165) is 25.0 Å². The van der Waals surface area contributed by atoms with Crippen molar-refractivity contribution in [3.05, 3.63) is 0 Å². The number of likely N-dealkylation sites (tertiary alicyclic amines) is 2. The summed E-state index contributed by atoms with van der Waals surface area (Å²) < 4.78 is 0. The van der Waals surface area contributed by atoms with Gasteiger partial charge in [-0.25, -0.2) is 0 Å². The van der Waals surface area contributed by atoms with Crippen LogP contribution in [0.1, 0.15) is 52.4 Å². The van der Waals surface area contributed by atoms with Crippen LogP contribution in [0.2, 0.25) is 0 Å². The molecule has 2 fully saturated rings. The van der Waals surface area contributed by atoms with E-state index in [1.165, 1.54) is 45.2 Å². The SMILES string of the molecule is CCC(=O)N1CCC(N2CCC(CC)CC2)CC1. The van der Waals surface area contributed by atoms with Crippen molar-refractivity contribution in [1.29, 1.82) is 0 Å². The highest BCUT2D eigenvalue weighted by Gasteiger charge is 2.28. The summed E-state index contributed by atoms with van der Waals surface area (Å²) in [6.45, 7) is 8.80. The maximum absolute atomic E-state index is 11.6. The van der Waals surface area contributed by atoms with E-state index in [1.54, 1.807) is 0 Å². The van der Waals surface area contributed by atoms with Gasteiger partial charge in [0.05, 0.1) is 0 Å². The van der Waals surface area contributed by atoms with Crippen molar-refractivity contribution in [2.24, 2.45) is 5.92 Å². The zero-order valence-electron chi connectivity index (χ0n) is 12.0. The van der Waals surface area contributed by atoms with Gasteiger partial charge in [0, 0.05) is 25.6 Å². The van der Waals surface area contributed by atoms with Crippen molar-refractivity contribution in [2.75, 3.05) is 26.2 Å². The quantitative estimate of drug-likeness (QED) is 0.770. The van der Waals surface area contributed by atoms with Gasteiger partial charge in [-0.05, 0) is 44.7 Å². The maximum atomic E-state index is 11.6. The Labute approximate surface area is 112 Å². The van der Waals surface area contributed by atoms with E-state index in [2.05, 4.69) is 16.7 Å². The van der Waals surface area contributed by atoms with Crippen molar-refractivity contribution in [3.63, 3.8) is 0 Å². The third-order valence-corrected chi connectivity index (χ3v) is 4.86. The van der Waals surface area contributed by atoms with E-state index in [1.807, 2.05) is 6.92 Å². The first-order valence-corrected chi connectivity index (χ1v) is 7.76. The van der Waals surface area contributed by atoms with Crippen LogP contribution in [-0.2, 0) is 4.79 Å². The van der Waals surface area contributed by atoms with E-state index < -0.39 is 0 Å². The number of carbonyl (C=O) groups excluding carboxylic acids is 1. The van der Waals surface area contributed by atoms with Gasteiger partial charge in [0.2, 0.25) is 5.91 Å². The Morgan fingerprint density at radius 2 is 1.61 bits per heavy atom. The summed E-state index contributed by atoms with van der Waals surface area (Å²) in [7, 11) is 0. The van der Waals surface area contributed by atoms with Crippen LogP contribution >= 0.6 is 0 Å². The predicted octanol–water partition coefficient (Wildman–Crippen LogP) is 2.51. The third-order valence-electron chi connectivity index (χ3n) is 4.86. The monoisotopic (exact) mass is 252 g/mol. The van der Waals surface area contributed by atoms with Gasteiger partial charge in [0.25, 0.3) is 0 Å². The minimum absolute atomic E-state index is 0.332.